The minimum absolute atomic E-state index is 0.0432. The van der Waals surface area contributed by atoms with Crippen LogP contribution in [0.4, 0.5) is 0 Å². The van der Waals surface area contributed by atoms with Gasteiger partial charge in [-0.05, 0) is 18.0 Å². The number of carbonyl (C=O) groups excluding carboxylic acids is 1. The zero-order valence-corrected chi connectivity index (χ0v) is 6.28. The Kier molecular flexibility index (Phi) is 5.99. The van der Waals surface area contributed by atoms with E-state index in [4.69, 9.17) is 16.3 Å². The largest absolute Gasteiger partial charge is 0.372 e. The second kappa shape index (κ2) is 6.05. The van der Waals surface area contributed by atoms with Crippen LogP contribution in [0, 0.1) is 0 Å². The van der Waals surface area contributed by atoms with E-state index in [-0.39, 0.29) is 6.61 Å². The Morgan fingerprint density at radius 1 is 1.67 bits per heavy atom. The summed E-state index contributed by atoms with van der Waals surface area (Å²) < 4.78 is 4.85. The van der Waals surface area contributed by atoms with Gasteiger partial charge >= 0.3 is 0 Å². The summed E-state index contributed by atoms with van der Waals surface area (Å²) in [6, 6.07) is 0. The highest BCUT2D eigenvalue weighted by Gasteiger charge is 1.92. The molecule has 54 valence electrons. The maximum Gasteiger partial charge on any atom is 0.247 e. The van der Waals surface area contributed by atoms with E-state index in [2.05, 4.69) is 6.92 Å². The Balaban J connectivity index is 2.83. The van der Waals surface area contributed by atoms with Crippen LogP contribution in [0.2, 0.25) is 0 Å². The molecule has 0 spiro atoms. The predicted octanol–water partition coefficient (Wildman–Crippen LogP) is 1.57. The summed E-state index contributed by atoms with van der Waals surface area (Å²) in [5.41, 5.74) is 0. The van der Waals surface area contributed by atoms with Crippen molar-refractivity contribution in [3.63, 3.8) is 0 Å². The SMILES string of the molecule is CCCCOCC(=O)Cl. The molecule has 0 aromatic heterocycles. The summed E-state index contributed by atoms with van der Waals surface area (Å²) in [5.74, 6) is 0. The Hall–Kier alpha value is -0.0800. The summed E-state index contributed by atoms with van der Waals surface area (Å²) >= 11 is 4.99. The quantitative estimate of drug-likeness (QED) is 0.439. The molecule has 0 saturated heterocycles. The van der Waals surface area contributed by atoms with Gasteiger partial charge in [0.25, 0.3) is 0 Å². The Bertz CT molecular complexity index is 83.1. The molecule has 0 N–H and O–H groups in total. The van der Waals surface area contributed by atoms with E-state index >= 15 is 0 Å². The topological polar surface area (TPSA) is 26.3 Å². The summed E-state index contributed by atoms with van der Waals surface area (Å²) in [6.45, 7) is 2.74. The van der Waals surface area contributed by atoms with E-state index in [1.807, 2.05) is 0 Å². The van der Waals surface area contributed by atoms with Crippen molar-refractivity contribution in [1.82, 2.24) is 0 Å². The molecule has 0 bridgehead atoms. The van der Waals surface area contributed by atoms with Crippen molar-refractivity contribution in [2.75, 3.05) is 13.2 Å². The Morgan fingerprint density at radius 3 is 2.78 bits per heavy atom. The van der Waals surface area contributed by atoms with Crippen molar-refractivity contribution < 1.29 is 9.53 Å². The third-order valence-electron chi connectivity index (χ3n) is 0.858. The molecule has 0 rings (SSSR count). The van der Waals surface area contributed by atoms with Gasteiger partial charge in [0.1, 0.15) is 6.61 Å². The fourth-order valence-electron chi connectivity index (χ4n) is 0.399. The van der Waals surface area contributed by atoms with Crippen LogP contribution in [0.3, 0.4) is 0 Å². The van der Waals surface area contributed by atoms with Gasteiger partial charge in [-0.2, -0.15) is 0 Å². The molecular weight excluding hydrogens is 140 g/mol. The number of hydrogen-bond donors (Lipinski definition) is 0. The van der Waals surface area contributed by atoms with Crippen LogP contribution in [0.25, 0.3) is 0 Å². The average molecular weight is 151 g/mol. The second-order valence-electron chi connectivity index (χ2n) is 1.76. The molecule has 2 nitrogen and oxygen atoms in total. The minimum atomic E-state index is -0.425. The number of carbonyl (C=O) groups is 1. The Morgan fingerprint density at radius 2 is 2.33 bits per heavy atom. The molecule has 0 radical (unpaired) electrons. The molecular formula is C6H11ClO2. The fraction of sp³-hybridized carbons (Fsp3) is 0.833. The molecule has 0 aliphatic rings. The third-order valence-corrected chi connectivity index (χ3v) is 0.967. The second-order valence-corrected chi connectivity index (χ2v) is 2.18. The molecule has 0 aromatic carbocycles. The van der Waals surface area contributed by atoms with E-state index in [0.717, 1.165) is 12.8 Å². The van der Waals surface area contributed by atoms with E-state index in [1.54, 1.807) is 0 Å². The van der Waals surface area contributed by atoms with Gasteiger partial charge in [0.05, 0.1) is 0 Å². The van der Waals surface area contributed by atoms with Crippen molar-refractivity contribution in [1.29, 1.82) is 0 Å². The van der Waals surface area contributed by atoms with Gasteiger partial charge in [-0.15, -0.1) is 0 Å². The summed E-state index contributed by atoms with van der Waals surface area (Å²) in [6.07, 6.45) is 2.07. The first-order valence-electron chi connectivity index (χ1n) is 3.03. The number of ether oxygens (including phenoxy) is 1. The lowest BCUT2D eigenvalue weighted by Crippen LogP contribution is -2.02. The summed E-state index contributed by atoms with van der Waals surface area (Å²) in [5, 5.41) is -0.425. The lowest BCUT2D eigenvalue weighted by atomic mass is 10.4. The van der Waals surface area contributed by atoms with Crippen LogP contribution >= 0.6 is 11.6 Å². The van der Waals surface area contributed by atoms with Crippen LogP contribution in [0.15, 0.2) is 0 Å². The highest BCUT2D eigenvalue weighted by atomic mass is 35.5. The van der Waals surface area contributed by atoms with E-state index in [0.29, 0.717) is 6.61 Å². The first kappa shape index (κ1) is 8.92. The molecule has 0 aliphatic carbocycles. The fourth-order valence-corrected chi connectivity index (χ4v) is 0.476. The van der Waals surface area contributed by atoms with Crippen molar-refractivity contribution in [3.05, 3.63) is 0 Å². The predicted molar refractivity (Wildman–Crippen MR) is 36.6 cm³/mol. The van der Waals surface area contributed by atoms with E-state index in [1.165, 1.54) is 0 Å². The normalized spacial score (nSPS) is 9.56. The van der Waals surface area contributed by atoms with Crippen LogP contribution in [0.1, 0.15) is 19.8 Å². The van der Waals surface area contributed by atoms with Crippen LogP contribution < -0.4 is 0 Å². The molecule has 0 heterocycles. The molecule has 3 heteroatoms. The third kappa shape index (κ3) is 7.92. The van der Waals surface area contributed by atoms with Crippen LogP contribution in [0.5, 0.6) is 0 Å². The molecule has 0 fully saturated rings. The average Bonchev–Trinajstić information content (AvgIpc) is 1.80. The Labute approximate surface area is 60.1 Å². The lowest BCUT2D eigenvalue weighted by molar-refractivity contribution is -0.115. The smallest absolute Gasteiger partial charge is 0.247 e. The van der Waals surface area contributed by atoms with Gasteiger partial charge in [0.2, 0.25) is 5.24 Å². The van der Waals surface area contributed by atoms with Crippen molar-refractivity contribution in [3.8, 4) is 0 Å². The zero-order chi connectivity index (χ0) is 7.11. The summed E-state index contributed by atoms with van der Waals surface area (Å²) in [4.78, 5) is 10.0. The number of unbranched alkanes of at least 4 members (excludes halogenated alkanes) is 1. The van der Waals surface area contributed by atoms with Gasteiger partial charge < -0.3 is 4.74 Å². The van der Waals surface area contributed by atoms with Gasteiger partial charge in [-0.1, -0.05) is 13.3 Å². The number of hydrogen-bond acceptors (Lipinski definition) is 2. The molecule has 0 aliphatic heterocycles. The van der Waals surface area contributed by atoms with Crippen molar-refractivity contribution >= 4 is 16.8 Å². The number of halogens is 1. The van der Waals surface area contributed by atoms with Crippen molar-refractivity contribution in [2.24, 2.45) is 0 Å². The lowest BCUT2D eigenvalue weighted by Gasteiger charge is -1.96. The van der Waals surface area contributed by atoms with Gasteiger partial charge in [0.15, 0.2) is 0 Å². The maximum atomic E-state index is 10.0. The highest BCUT2D eigenvalue weighted by Crippen LogP contribution is 1.88. The molecule has 0 amide bonds. The zero-order valence-electron chi connectivity index (χ0n) is 5.52. The minimum Gasteiger partial charge on any atom is -0.372 e. The van der Waals surface area contributed by atoms with Crippen molar-refractivity contribution in [2.45, 2.75) is 19.8 Å². The molecule has 0 atom stereocenters. The molecule has 9 heavy (non-hydrogen) atoms. The van der Waals surface area contributed by atoms with E-state index < -0.39 is 5.24 Å². The van der Waals surface area contributed by atoms with Gasteiger partial charge in [-0.25, -0.2) is 0 Å². The molecule has 0 aromatic rings. The highest BCUT2D eigenvalue weighted by molar-refractivity contribution is 6.63. The van der Waals surface area contributed by atoms with Gasteiger partial charge in [-0.3, -0.25) is 4.79 Å². The first-order valence-corrected chi connectivity index (χ1v) is 3.41. The monoisotopic (exact) mass is 150 g/mol. The van der Waals surface area contributed by atoms with Gasteiger partial charge in [0, 0.05) is 6.61 Å². The van der Waals surface area contributed by atoms with Crippen LogP contribution in [-0.4, -0.2) is 18.5 Å². The molecule has 0 unspecified atom stereocenters. The van der Waals surface area contributed by atoms with Crippen LogP contribution in [-0.2, 0) is 9.53 Å². The molecule has 0 saturated carbocycles. The first-order chi connectivity index (χ1) is 4.27. The standard InChI is InChI=1S/C6H11ClO2/c1-2-3-4-9-5-6(7)8/h2-5H2,1H3. The maximum absolute atomic E-state index is 10.0. The van der Waals surface area contributed by atoms with E-state index in [9.17, 15) is 4.79 Å². The number of rotatable bonds is 5. The summed E-state index contributed by atoms with van der Waals surface area (Å²) in [7, 11) is 0.